The quantitative estimate of drug-likeness (QED) is 0.860. The molecule has 3 rings (SSSR count). The fourth-order valence-electron chi connectivity index (χ4n) is 3.35. The number of rotatable bonds is 6. The Morgan fingerprint density at radius 1 is 1.24 bits per heavy atom. The van der Waals surface area contributed by atoms with Crippen molar-refractivity contribution in [2.24, 2.45) is 5.41 Å². The van der Waals surface area contributed by atoms with Crippen LogP contribution in [-0.4, -0.2) is 24.0 Å². The minimum atomic E-state index is 0.545. The molecule has 21 heavy (non-hydrogen) atoms. The Bertz CT molecular complexity index is 452. The maximum absolute atomic E-state index is 5.74. The molecule has 1 aromatic heterocycles. The Hall–Kier alpha value is -0.800. The second kappa shape index (κ2) is 6.13. The molecule has 0 amide bonds. The molecule has 1 aromatic rings. The molecule has 2 fully saturated rings. The highest BCUT2D eigenvalue weighted by Gasteiger charge is 2.29. The maximum Gasteiger partial charge on any atom is 0.118 e. The van der Waals surface area contributed by atoms with Gasteiger partial charge in [-0.15, -0.1) is 0 Å². The molecule has 0 radical (unpaired) electrons. The van der Waals surface area contributed by atoms with E-state index in [9.17, 15) is 0 Å². The molecule has 0 saturated heterocycles. The first-order valence-electron chi connectivity index (χ1n) is 8.52. The number of hydrogen-bond donors (Lipinski definition) is 1. The number of hydrogen-bond acceptors (Lipinski definition) is 3. The highest BCUT2D eigenvalue weighted by Crippen LogP contribution is 2.36. The van der Waals surface area contributed by atoms with Crippen molar-refractivity contribution >= 4 is 0 Å². The van der Waals surface area contributed by atoms with Gasteiger partial charge in [0.1, 0.15) is 5.76 Å². The van der Waals surface area contributed by atoms with Gasteiger partial charge in [-0.3, -0.25) is 4.90 Å². The van der Waals surface area contributed by atoms with E-state index in [1.807, 2.05) is 6.26 Å². The second-order valence-electron chi connectivity index (χ2n) is 7.89. The van der Waals surface area contributed by atoms with Crippen LogP contribution in [0.25, 0.3) is 0 Å². The summed E-state index contributed by atoms with van der Waals surface area (Å²) < 4.78 is 5.74. The zero-order valence-electron chi connectivity index (χ0n) is 13.8. The molecule has 0 spiro atoms. The van der Waals surface area contributed by atoms with Crippen LogP contribution in [0.3, 0.4) is 0 Å². The van der Waals surface area contributed by atoms with E-state index in [0.29, 0.717) is 5.41 Å². The van der Waals surface area contributed by atoms with Gasteiger partial charge >= 0.3 is 0 Å². The lowest BCUT2D eigenvalue weighted by Crippen LogP contribution is -2.36. The van der Waals surface area contributed by atoms with Gasteiger partial charge in [0.15, 0.2) is 0 Å². The van der Waals surface area contributed by atoms with Crippen LogP contribution >= 0.6 is 0 Å². The van der Waals surface area contributed by atoms with Gasteiger partial charge in [-0.05, 0) is 57.1 Å². The van der Waals surface area contributed by atoms with E-state index in [4.69, 9.17) is 4.42 Å². The predicted octanol–water partition coefficient (Wildman–Crippen LogP) is 3.93. The minimum absolute atomic E-state index is 0.545. The Morgan fingerprint density at radius 3 is 2.62 bits per heavy atom. The zero-order chi connectivity index (χ0) is 14.9. The van der Waals surface area contributed by atoms with Crippen molar-refractivity contribution in [1.82, 2.24) is 10.2 Å². The van der Waals surface area contributed by atoms with E-state index in [-0.39, 0.29) is 0 Å². The molecule has 2 aliphatic carbocycles. The molecule has 0 unspecified atom stereocenters. The van der Waals surface area contributed by atoms with Gasteiger partial charge in [-0.25, -0.2) is 0 Å². The summed E-state index contributed by atoms with van der Waals surface area (Å²) in [7, 11) is 2.24. The summed E-state index contributed by atoms with van der Waals surface area (Å²) in [6, 6.07) is 3.70. The number of nitrogens with zero attached hydrogens (tertiary/aromatic N) is 1. The fraction of sp³-hybridized carbons (Fsp3) is 0.778. The van der Waals surface area contributed by atoms with Crippen molar-refractivity contribution in [3.05, 3.63) is 23.7 Å². The zero-order valence-corrected chi connectivity index (χ0v) is 13.8. The molecule has 2 aliphatic rings. The van der Waals surface area contributed by atoms with Crippen molar-refractivity contribution in [2.75, 3.05) is 7.05 Å². The van der Waals surface area contributed by atoms with E-state index in [0.717, 1.165) is 30.9 Å². The lowest BCUT2D eigenvalue weighted by molar-refractivity contribution is 0.117. The Balaban J connectivity index is 1.46. The summed E-state index contributed by atoms with van der Waals surface area (Å²) >= 11 is 0. The lowest BCUT2D eigenvalue weighted by Gasteiger charge is -2.38. The van der Waals surface area contributed by atoms with Crippen molar-refractivity contribution in [1.29, 1.82) is 0 Å². The summed E-state index contributed by atoms with van der Waals surface area (Å²) in [4.78, 5) is 2.48. The molecule has 1 heterocycles. The highest BCUT2D eigenvalue weighted by atomic mass is 16.3. The summed E-state index contributed by atoms with van der Waals surface area (Å²) in [6.45, 7) is 6.69. The Labute approximate surface area is 129 Å². The van der Waals surface area contributed by atoms with Crippen molar-refractivity contribution < 1.29 is 4.42 Å². The van der Waals surface area contributed by atoms with Gasteiger partial charge in [-0.2, -0.15) is 0 Å². The van der Waals surface area contributed by atoms with Crippen molar-refractivity contribution in [3.8, 4) is 0 Å². The molecular weight excluding hydrogens is 260 g/mol. The monoisotopic (exact) mass is 290 g/mol. The van der Waals surface area contributed by atoms with Gasteiger partial charge in [0.25, 0.3) is 0 Å². The maximum atomic E-state index is 5.74. The average Bonchev–Trinajstić information content (AvgIpc) is 3.16. The summed E-state index contributed by atoms with van der Waals surface area (Å²) in [5.74, 6) is 1.11. The molecule has 0 aromatic carbocycles. The topological polar surface area (TPSA) is 28.4 Å². The standard InChI is InChI=1S/C18H30N2O/c1-18(2)8-6-16(7-9-18)20(3)12-17-10-14(13-21-17)11-19-15-4-5-15/h10,13,15-16,19H,4-9,11-12H2,1-3H3. The molecule has 118 valence electrons. The van der Waals surface area contributed by atoms with Gasteiger partial charge in [0.2, 0.25) is 0 Å². The fourth-order valence-corrected chi connectivity index (χ4v) is 3.35. The molecular formula is C18H30N2O. The molecule has 2 saturated carbocycles. The first kappa shape index (κ1) is 15.1. The number of nitrogens with one attached hydrogen (secondary N) is 1. The molecule has 1 N–H and O–H groups in total. The first-order chi connectivity index (χ1) is 10.0. The van der Waals surface area contributed by atoms with Gasteiger partial charge in [-0.1, -0.05) is 13.8 Å². The highest BCUT2D eigenvalue weighted by molar-refractivity contribution is 5.13. The van der Waals surface area contributed by atoms with Gasteiger partial charge in [0, 0.05) is 24.2 Å². The third-order valence-electron chi connectivity index (χ3n) is 5.22. The van der Waals surface area contributed by atoms with Crippen molar-refractivity contribution in [3.63, 3.8) is 0 Å². The van der Waals surface area contributed by atoms with Gasteiger partial charge < -0.3 is 9.73 Å². The van der Waals surface area contributed by atoms with Crippen LogP contribution in [0.1, 0.15) is 63.7 Å². The summed E-state index contributed by atoms with van der Waals surface area (Å²) in [5, 5.41) is 3.54. The summed E-state index contributed by atoms with van der Waals surface area (Å²) in [6.07, 6.45) is 9.92. The SMILES string of the molecule is CN(Cc1cc(CNC2CC2)co1)C1CCC(C)(C)CC1. The van der Waals surface area contributed by atoms with Crippen LogP contribution in [0, 0.1) is 5.41 Å². The summed E-state index contributed by atoms with van der Waals surface area (Å²) in [5.41, 5.74) is 1.83. The molecule has 3 nitrogen and oxygen atoms in total. The van der Waals surface area contributed by atoms with Crippen LogP contribution in [0.5, 0.6) is 0 Å². The molecule has 3 heteroatoms. The lowest BCUT2D eigenvalue weighted by atomic mass is 9.75. The Kier molecular flexibility index (Phi) is 4.41. The van der Waals surface area contributed by atoms with E-state index in [2.05, 4.69) is 37.2 Å². The molecule has 0 bridgehead atoms. The normalized spacial score (nSPS) is 22.9. The third-order valence-corrected chi connectivity index (χ3v) is 5.22. The van der Waals surface area contributed by atoms with Crippen LogP contribution in [0.15, 0.2) is 16.7 Å². The minimum Gasteiger partial charge on any atom is -0.468 e. The van der Waals surface area contributed by atoms with E-state index in [1.165, 1.54) is 44.1 Å². The first-order valence-corrected chi connectivity index (χ1v) is 8.52. The average molecular weight is 290 g/mol. The second-order valence-corrected chi connectivity index (χ2v) is 7.89. The van der Waals surface area contributed by atoms with Gasteiger partial charge in [0.05, 0.1) is 12.8 Å². The van der Waals surface area contributed by atoms with Crippen LogP contribution < -0.4 is 5.32 Å². The number of furan rings is 1. The third kappa shape index (κ3) is 4.33. The molecule has 0 atom stereocenters. The van der Waals surface area contributed by atoms with Crippen LogP contribution in [0.2, 0.25) is 0 Å². The van der Waals surface area contributed by atoms with Crippen LogP contribution in [-0.2, 0) is 13.1 Å². The van der Waals surface area contributed by atoms with E-state index in [1.54, 1.807) is 0 Å². The molecule has 0 aliphatic heterocycles. The Morgan fingerprint density at radius 2 is 1.95 bits per heavy atom. The van der Waals surface area contributed by atoms with E-state index < -0.39 is 0 Å². The predicted molar refractivity (Wildman–Crippen MR) is 86.1 cm³/mol. The largest absolute Gasteiger partial charge is 0.468 e. The van der Waals surface area contributed by atoms with Crippen molar-refractivity contribution in [2.45, 2.75) is 77.5 Å². The smallest absolute Gasteiger partial charge is 0.118 e. The van der Waals surface area contributed by atoms with Crippen LogP contribution in [0.4, 0.5) is 0 Å². The van der Waals surface area contributed by atoms with E-state index >= 15 is 0 Å².